The molecule has 0 fully saturated rings. The van der Waals surface area contributed by atoms with Crippen molar-refractivity contribution in [2.45, 2.75) is 39.5 Å². The monoisotopic (exact) mass is 247 g/mol. The van der Waals surface area contributed by atoms with Crippen molar-refractivity contribution in [3.05, 3.63) is 23.8 Å². The Bertz CT molecular complexity index is 578. The lowest BCUT2D eigenvalue weighted by atomic mass is 9.86. The molecule has 0 aliphatic heterocycles. The van der Waals surface area contributed by atoms with Crippen molar-refractivity contribution < 1.29 is 13.9 Å². The van der Waals surface area contributed by atoms with Crippen LogP contribution >= 0.6 is 0 Å². The molecule has 2 aromatic rings. The number of hydrogen-bond acceptors (Lipinski definition) is 4. The molecule has 0 atom stereocenters. The number of esters is 1. The van der Waals surface area contributed by atoms with Crippen molar-refractivity contribution in [1.82, 2.24) is 4.98 Å². The summed E-state index contributed by atoms with van der Waals surface area (Å²) in [6.45, 7) is 8.04. The summed E-state index contributed by atoms with van der Waals surface area (Å²) in [5.41, 5.74) is 2.43. The van der Waals surface area contributed by atoms with E-state index in [9.17, 15) is 4.79 Å². The highest BCUT2D eigenvalue weighted by molar-refractivity contribution is 5.79. The molecule has 0 aliphatic carbocycles. The van der Waals surface area contributed by atoms with Gasteiger partial charge in [-0.1, -0.05) is 39.8 Å². The molecule has 1 aromatic carbocycles. The largest absolute Gasteiger partial charge is 0.409 e. The summed E-state index contributed by atoms with van der Waals surface area (Å²) >= 11 is 0. The maximum absolute atomic E-state index is 11.2. The molecule has 0 amide bonds. The van der Waals surface area contributed by atoms with Gasteiger partial charge in [-0.15, -0.1) is 0 Å². The van der Waals surface area contributed by atoms with Gasteiger partial charge in [0.05, 0.1) is 0 Å². The van der Waals surface area contributed by atoms with E-state index in [2.05, 4.69) is 25.8 Å². The molecular weight excluding hydrogens is 230 g/mol. The van der Waals surface area contributed by atoms with E-state index >= 15 is 0 Å². The highest BCUT2D eigenvalue weighted by Crippen LogP contribution is 2.31. The van der Waals surface area contributed by atoms with Crippen LogP contribution in [0.5, 0.6) is 6.08 Å². The van der Waals surface area contributed by atoms with Gasteiger partial charge in [0, 0.05) is 6.42 Å². The Morgan fingerprint density at radius 2 is 2.11 bits per heavy atom. The van der Waals surface area contributed by atoms with Crippen LogP contribution in [-0.4, -0.2) is 11.0 Å². The summed E-state index contributed by atoms with van der Waals surface area (Å²) in [6, 6.07) is 5.75. The van der Waals surface area contributed by atoms with Crippen molar-refractivity contribution in [3.63, 3.8) is 0 Å². The zero-order valence-corrected chi connectivity index (χ0v) is 11.1. The first-order chi connectivity index (χ1) is 8.41. The third kappa shape index (κ3) is 2.37. The quantitative estimate of drug-likeness (QED) is 0.763. The number of para-hydroxylation sites is 1. The molecule has 4 heteroatoms. The third-order valence-electron chi connectivity index (χ3n) is 2.70. The van der Waals surface area contributed by atoms with Gasteiger partial charge in [0.25, 0.3) is 0 Å². The van der Waals surface area contributed by atoms with Crippen LogP contribution < -0.4 is 4.74 Å². The molecule has 0 spiro atoms. The fourth-order valence-electron chi connectivity index (χ4n) is 1.75. The van der Waals surface area contributed by atoms with Gasteiger partial charge in [0.15, 0.2) is 5.58 Å². The minimum atomic E-state index is -0.348. The molecule has 0 N–H and O–H groups in total. The van der Waals surface area contributed by atoms with Gasteiger partial charge in [-0.2, -0.15) is 4.98 Å². The molecule has 0 saturated heterocycles. The first-order valence-corrected chi connectivity index (χ1v) is 6.02. The van der Waals surface area contributed by atoms with E-state index in [1.54, 1.807) is 6.92 Å². The van der Waals surface area contributed by atoms with E-state index in [0.717, 1.165) is 11.1 Å². The van der Waals surface area contributed by atoms with Gasteiger partial charge in [-0.25, -0.2) is 0 Å². The molecule has 0 saturated carbocycles. The van der Waals surface area contributed by atoms with Crippen molar-refractivity contribution in [3.8, 4) is 6.08 Å². The van der Waals surface area contributed by atoms with Gasteiger partial charge >= 0.3 is 12.0 Å². The number of fused-ring (bicyclic) bond motifs is 1. The molecule has 1 aromatic heterocycles. The van der Waals surface area contributed by atoms with Crippen LogP contribution in [0.2, 0.25) is 0 Å². The second-order valence-corrected chi connectivity index (χ2v) is 5.21. The third-order valence-corrected chi connectivity index (χ3v) is 2.70. The van der Waals surface area contributed by atoms with Crippen LogP contribution in [0.1, 0.15) is 39.7 Å². The Morgan fingerprint density at radius 1 is 1.39 bits per heavy atom. The second-order valence-electron chi connectivity index (χ2n) is 5.21. The summed E-state index contributed by atoms with van der Waals surface area (Å²) in [4.78, 5) is 15.5. The lowest BCUT2D eigenvalue weighted by molar-refractivity contribution is -0.135. The Morgan fingerprint density at radius 3 is 2.72 bits per heavy atom. The summed E-state index contributed by atoms with van der Waals surface area (Å²) in [5, 5.41) is 0. The number of ether oxygens (including phenoxy) is 1. The number of benzene rings is 1. The molecule has 0 bridgehead atoms. The van der Waals surface area contributed by atoms with E-state index in [1.807, 2.05) is 18.2 Å². The predicted octanol–water partition coefficient (Wildman–Crippen LogP) is 3.44. The molecule has 0 radical (unpaired) electrons. The normalized spacial score (nSPS) is 11.8. The van der Waals surface area contributed by atoms with Gasteiger partial charge in [0.1, 0.15) is 5.52 Å². The first kappa shape index (κ1) is 12.6. The summed E-state index contributed by atoms with van der Waals surface area (Å²) < 4.78 is 10.4. The molecule has 18 heavy (non-hydrogen) atoms. The Balaban J connectivity index is 2.48. The van der Waals surface area contributed by atoms with E-state index in [-0.39, 0.29) is 17.5 Å². The number of oxazole rings is 1. The molecular formula is C14H17NO3. The van der Waals surface area contributed by atoms with Gasteiger partial charge < -0.3 is 9.15 Å². The topological polar surface area (TPSA) is 52.3 Å². The van der Waals surface area contributed by atoms with Crippen molar-refractivity contribution in [1.29, 1.82) is 0 Å². The van der Waals surface area contributed by atoms with Crippen molar-refractivity contribution in [2.75, 3.05) is 0 Å². The Hall–Kier alpha value is -1.84. The lowest BCUT2D eigenvalue weighted by Crippen LogP contribution is -2.11. The SMILES string of the molecule is CCC(=O)Oc1nc2c(C(C)(C)C)cccc2o1. The summed E-state index contributed by atoms with van der Waals surface area (Å²) in [7, 11) is 0. The van der Waals surface area contributed by atoms with Gasteiger partial charge in [-0.05, 0) is 17.0 Å². The number of aromatic nitrogens is 1. The molecule has 1 heterocycles. The van der Waals surface area contributed by atoms with E-state index in [4.69, 9.17) is 9.15 Å². The van der Waals surface area contributed by atoms with E-state index in [1.165, 1.54) is 0 Å². The maximum atomic E-state index is 11.2. The maximum Gasteiger partial charge on any atom is 0.402 e. The molecule has 0 aliphatic rings. The van der Waals surface area contributed by atoms with Crippen molar-refractivity contribution >= 4 is 17.1 Å². The standard InChI is InChI=1S/C14H17NO3/c1-5-11(16)18-13-15-12-9(14(2,3)4)7-6-8-10(12)17-13/h6-8H,5H2,1-4H3. The zero-order chi connectivity index (χ0) is 13.3. The van der Waals surface area contributed by atoms with E-state index < -0.39 is 0 Å². The fraction of sp³-hybridized carbons (Fsp3) is 0.429. The van der Waals surface area contributed by atoms with Crippen molar-refractivity contribution in [2.24, 2.45) is 0 Å². The zero-order valence-electron chi connectivity index (χ0n) is 11.1. The molecule has 2 rings (SSSR count). The average molecular weight is 247 g/mol. The Labute approximate surface area is 106 Å². The first-order valence-electron chi connectivity index (χ1n) is 6.02. The minimum Gasteiger partial charge on any atom is -0.409 e. The van der Waals surface area contributed by atoms with Crippen LogP contribution in [0.15, 0.2) is 22.6 Å². The predicted molar refractivity (Wildman–Crippen MR) is 68.6 cm³/mol. The van der Waals surface area contributed by atoms with Crippen LogP contribution in [0.3, 0.4) is 0 Å². The summed E-state index contributed by atoms with van der Waals surface area (Å²) in [5.74, 6) is -0.348. The highest BCUT2D eigenvalue weighted by Gasteiger charge is 2.21. The number of rotatable bonds is 2. The van der Waals surface area contributed by atoms with Gasteiger partial charge in [-0.3, -0.25) is 4.79 Å². The van der Waals surface area contributed by atoms with E-state index in [0.29, 0.717) is 12.0 Å². The average Bonchev–Trinajstić information content (AvgIpc) is 2.68. The number of carbonyl (C=O) groups is 1. The highest BCUT2D eigenvalue weighted by atomic mass is 16.6. The number of carbonyl (C=O) groups excluding carboxylic acids is 1. The molecule has 96 valence electrons. The summed E-state index contributed by atoms with van der Waals surface area (Å²) in [6.07, 6.45) is 0.318. The lowest BCUT2D eigenvalue weighted by Gasteiger charge is -2.18. The number of nitrogens with zero attached hydrogens (tertiary/aromatic N) is 1. The van der Waals surface area contributed by atoms with Crippen LogP contribution in [-0.2, 0) is 10.2 Å². The Kier molecular flexibility index (Phi) is 3.11. The number of hydrogen-bond donors (Lipinski definition) is 0. The fourth-order valence-corrected chi connectivity index (χ4v) is 1.75. The minimum absolute atomic E-state index is 0.0218. The van der Waals surface area contributed by atoms with Crippen LogP contribution in [0.25, 0.3) is 11.1 Å². The smallest absolute Gasteiger partial charge is 0.402 e. The van der Waals surface area contributed by atoms with Crippen LogP contribution in [0.4, 0.5) is 0 Å². The molecule has 4 nitrogen and oxygen atoms in total. The van der Waals surface area contributed by atoms with Crippen LogP contribution in [0, 0.1) is 0 Å². The second kappa shape index (κ2) is 4.44. The van der Waals surface area contributed by atoms with Gasteiger partial charge in [0.2, 0.25) is 0 Å². The molecule has 0 unspecified atom stereocenters.